The van der Waals surface area contributed by atoms with E-state index < -0.39 is 5.97 Å². The summed E-state index contributed by atoms with van der Waals surface area (Å²) in [4.78, 5) is 9.37. The summed E-state index contributed by atoms with van der Waals surface area (Å²) < 4.78 is 0. The Bertz CT molecular complexity index is 51.6. The van der Waals surface area contributed by atoms with E-state index in [1.165, 1.54) is 0 Å². The molecule has 0 saturated heterocycles. The smallest absolute Gasteiger partial charge is 0.303 e. The molecule has 3 nitrogen and oxygen atoms in total. The normalized spacial score (nSPS) is 6.88. The molecule has 0 heterocycles. The van der Waals surface area contributed by atoms with Crippen molar-refractivity contribution in [1.29, 1.82) is 0 Å². The molecule has 8 heavy (non-hydrogen) atoms. The van der Waals surface area contributed by atoms with E-state index in [0.29, 0.717) is 0 Å². The highest BCUT2D eigenvalue weighted by atomic mass is 16.4. The first-order valence-electron chi connectivity index (χ1n) is 2.51. The Balaban J connectivity index is 0. The van der Waals surface area contributed by atoms with Gasteiger partial charge in [0.05, 0.1) is 0 Å². The number of aliphatic carboxylic acids is 1. The van der Waals surface area contributed by atoms with Crippen LogP contribution in [-0.4, -0.2) is 22.8 Å². The lowest BCUT2D eigenvalue weighted by Gasteiger charge is -1.71. The Hall–Kier alpha value is -0.570. The SMILES string of the molecule is CCC(=O)O.CCO. The highest BCUT2D eigenvalue weighted by Gasteiger charge is 1.80. The van der Waals surface area contributed by atoms with E-state index in [0.717, 1.165) is 0 Å². The first-order valence-corrected chi connectivity index (χ1v) is 2.51. The summed E-state index contributed by atoms with van der Waals surface area (Å²) in [6.07, 6.45) is 0.222. The number of carbonyl (C=O) groups is 1. The van der Waals surface area contributed by atoms with Crippen LogP contribution in [0.2, 0.25) is 0 Å². The molecule has 0 aliphatic heterocycles. The van der Waals surface area contributed by atoms with Gasteiger partial charge in [0.25, 0.3) is 0 Å². The van der Waals surface area contributed by atoms with Crippen LogP contribution in [0, 0.1) is 0 Å². The van der Waals surface area contributed by atoms with Gasteiger partial charge in [0.1, 0.15) is 0 Å². The molecule has 0 aromatic rings. The summed E-state index contributed by atoms with van der Waals surface area (Å²) in [5.74, 6) is -0.745. The fraction of sp³-hybridized carbons (Fsp3) is 0.800. The zero-order valence-corrected chi connectivity index (χ0v) is 5.22. The molecular weight excluding hydrogens is 108 g/mol. The van der Waals surface area contributed by atoms with E-state index in [2.05, 4.69) is 0 Å². The number of aliphatic hydroxyl groups is 1. The molecule has 2 N–H and O–H groups in total. The van der Waals surface area contributed by atoms with Gasteiger partial charge in [-0.25, -0.2) is 0 Å². The Morgan fingerprint density at radius 1 is 1.50 bits per heavy atom. The zero-order valence-electron chi connectivity index (χ0n) is 5.22. The molecule has 0 spiro atoms. The van der Waals surface area contributed by atoms with E-state index >= 15 is 0 Å². The highest BCUT2D eigenvalue weighted by Crippen LogP contribution is 1.67. The monoisotopic (exact) mass is 120 g/mol. The molecule has 0 aliphatic rings. The minimum absolute atomic E-state index is 0.222. The van der Waals surface area contributed by atoms with Gasteiger partial charge in [0, 0.05) is 13.0 Å². The average molecular weight is 120 g/mol. The molecule has 0 bridgehead atoms. The maximum absolute atomic E-state index is 9.37. The predicted molar refractivity (Wildman–Crippen MR) is 30.7 cm³/mol. The lowest BCUT2D eigenvalue weighted by Crippen LogP contribution is -1.86. The third-order valence-corrected chi connectivity index (χ3v) is 0.302. The molecule has 0 amide bonds. The van der Waals surface area contributed by atoms with E-state index in [9.17, 15) is 4.79 Å². The van der Waals surface area contributed by atoms with E-state index in [-0.39, 0.29) is 13.0 Å². The van der Waals surface area contributed by atoms with Crippen LogP contribution < -0.4 is 0 Å². The number of carboxylic acids is 1. The molecule has 50 valence electrons. The van der Waals surface area contributed by atoms with E-state index in [1.807, 2.05) is 0 Å². The standard InChI is InChI=1S/C3H6O2.C2H6O/c1-2-3(4)5;1-2-3/h2H2,1H3,(H,4,5);3H,2H2,1H3. The molecule has 0 aromatic heterocycles. The molecular formula is C5H12O3. The first kappa shape index (κ1) is 10.4. The molecule has 0 unspecified atom stereocenters. The van der Waals surface area contributed by atoms with Crippen LogP contribution in [0.15, 0.2) is 0 Å². The molecule has 0 fully saturated rings. The van der Waals surface area contributed by atoms with Gasteiger partial charge in [-0.15, -0.1) is 0 Å². The molecule has 0 rings (SSSR count). The van der Waals surface area contributed by atoms with Crippen LogP contribution in [0.1, 0.15) is 20.3 Å². The number of aliphatic hydroxyl groups excluding tert-OH is 1. The Morgan fingerprint density at radius 2 is 1.62 bits per heavy atom. The quantitative estimate of drug-likeness (QED) is 0.529. The lowest BCUT2D eigenvalue weighted by molar-refractivity contribution is -0.136. The lowest BCUT2D eigenvalue weighted by atomic mass is 10.5. The number of hydrogen-bond acceptors (Lipinski definition) is 2. The summed E-state index contributed by atoms with van der Waals surface area (Å²) in [6.45, 7) is 3.53. The second-order valence-electron chi connectivity index (χ2n) is 1.06. The predicted octanol–water partition coefficient (Wildman–Crippen LogP) is 0.480. The Kier molecular flexibility index (Phi) is 12.6. The topological polar surface area (TPSA) is 57.5 Å². The zero-order chi connectivity index (χ0) is 6.99. The fourth-order valence-electron chi connectivity index (χ4n) is 0. The maximum Gasteiger partial charge on any atom is 0.303 e. The van der Waals surface area contributed by atoms with Crippen molar-refractivity contribution in [3.8, 4) is 0 Å². The van der Waals surface area contributed by atoms with Gasteiger partial charge in [-0.3, -0.25) is 4.79 Å². The fourth-order valence-corrected chi connectivity index (χ4v) is 0. The second-order valence-corrected chi connectivity index (χ2v) is 1.06. The number of rotatable bonds is 1. The average Bonchev–Trinajstić information content (AvgIpc) is 1.69. The minimum atomic E-state index is -0.745. The summed E-state index contributed by atoms with van der Waals surface area (Å²) in [5.41, 5.74) is 0. The summed E-state index contributed by atoms with van der Waals surface area (Å²) in [7, 11) is 0. The summed E-state index contributed by atoms with van der Waals surface area (Å²) in [5, 5.41) is 15.3. The van der Waals surface area contributed by atoms with Crippen LogP contribution in [-0.2, 0) is 4.79 Å². The van der Waals surface area contributed by atoms with Crippen molar-refractivity contribution in [3.05, 3.63) is 0 Å². The van der Waals surface area contributed by atoms with Crippen molar-refractivity contribution in [2.45, 2.75) is 20.3 Å². The van der Waals surface area contributed by atoms with Crippen molar-refractivity contribution < 1.29 is 15.0 Å². The van der Waals surface area contributed by atoms with Crippen molar-refractivity contribution in [2.75, 3.05) is 6.61 Å². The maximum atomic E-state index is 9.37. The summed E-state index contributed by atoms with van der Waals surface area (Å²) in [6, 6.07) is 0. The van der Waals surface area contributed by atoms with Crippen molar-refractivity contribution in [3.63, 3.8) is 0 Å². The molecule has 0 aromatic carbocycles. The van der Waals surface area contributed by atoms with Gasteiger partial charge >= 0.3 is 5.97 Å². The molecule has 0 saturated carbocycles. The van der Waals surface area contributed by atoms with Gasteiger partial charge in [-0.1, -0.05) is 6.92 Å². The summed E-state index contributed by atoms with van der Waals surface area (Å²) >= 11 is 0. The Labute approximate surface area is 49.0 Å². The van der Waals surface area contributed by atoms with Gasteiger partial charge in [-0.2, -0.15) is 0 Å². The molecule has 0 aliphatic carbocycles. The molecule has 3 heteroatoms. The van der Waals surface area contributed by atoms with Crippen LogP contribution in [0.5, 0.6) is 0 Å². The van der Waals surface area contributed by atoms with Gasteiger partial charge in [0.15, 0.2) is 0 Å². The van der Waals surface area contributed by atoms with Gasteiger partial charge in [0.2, 0.25) is 0 Å². The Morgan fingerprint density at radius 3 is 1.62 bits per heavy atom. The second kappa shape index (κ2) is 9.66. The van der Waals surface area contributed by atoms with Crippen LogP contribution in [0.4, 0.5) is 0 Å². The minimum Gasteiger partial charge on any atom is -0.481 e. The van der Waals surface area contributed by atoms with Crippen molar-refractivity contribution in [2.24, 2.45) is 0 Å². The van der Waals surface area contributed by atoms with E-state index in [1.54, 1.807) is 13.8 Å². The first-order chi connectivity index (χ1) is 3.68. The van der Waals surface area contributed by atoms with Gasteiger partial charge < -0.3 is 10.2 Å². The highest BCUT2D eigenvalue weighted by molar-refractivity contribution is 5.66. The van der Waals surface area contributed by atoms with Crippen LogP contribution in [0.25, 0.3) is 0 Å². The third kappa shape index (κ3) is 52.1. The van der Waals surface area contributed by atoms with Crippen molar-refractivity contribution >= 4 is 5.97 Å². The molecule has 0 radical (unpaired) electrons. The number of carboxylic acid groups (broad SMARTS) is 1. The van der Waals surface area contributed by atoms with E-state index in [4.69, 9.17) is 10.2 Å². The van der Waals surface area contributed by atoms with Crippen molar-refractivity contribution in [1.82, 2.24) is 0 Å². The van der Waals surface area contributed by atoms with Crippen LogP contribution >= 0.6 is 0 Å². The largest absolute Gasteiger partial charge is 0.481 e. The number of hydrogen-bond donors (Lipinski definition) is 2. The third-order valence-electron chi connectivity index (χ3n) is 0.302. The van der Waals surface area contributed by atoms with Crippen LogP contribution in [0.3, 0.4) is 0 Å². The molecule has 0 atom stereocenters. The van der Waals surface area contributed by atoms with Gasteiger partial charge in [-0.05, 0) is 6.92 Å².